The van der Waals surface area contributed by atoms with Crippen LogP contribution in [0.1, 0.15) is 15.9 Å². The molecular formula is C15H14N4O2S. The van der Waals surface area contributed by atoms with Gasteiger partial charge < -0.3 is 10.5 Å². The van der Waals surface area contributed by atoms with Gasteiger partial charge in [-0.2, -0.15) is 0 Å². The average Bonchev–Trinajstić information content (AvgIpc) is 2.95. The molecule has 2 aromatic heterocycles. The third kappa shape index (κ3) is 2.89. The number of carbonyl (C=O) groups excluding carboxylic acids is 1. The Labute approximate surface area is 131 Å². The number of nitrogen functional groups attached to an aromatic ring is 1. The van der Waals surface area contributed by atoms with Crippen molar-refractivity contribution in [3.8, 4) is 0 Å². The molecule has 1 aromatic carbocycles. The van der Waals surface area contributed by atoms with Crippen LogP contribution in [0.25, 0.3) is 5.65 Å². The SMILES string of the molecule is COC(=O)c1ccc(CSc2nnc3ccc(N)cn23)cc1. The predicted molar refractivity (Wildman–Crippen MR) is 84.7 cm³/mol. The molecule has 3 rings (SSSR count). The van der Waals surface area contributed by atoms with Crippen molar-refractivity contribution < 1.29 is 9.53 Å². The van der Waals surface area contributed by atoms with Gasteiger partial charge in [-0.15, -0.1) is 10.2 Å². The fourth-order valence-corrected chi connectivity index (χ4v) is 2.86. The first-order valence-corrected chi connectivity index (χ1v) is 7.56. The van der Waals surface area contributed by atoms with Gasteiger partial charge in [0.05, 0.1) is 12.7 Å². The number of nitrogens with two attached hydrogens (primary N) is 1. The van der Waals surface area contributed by atoms with Crippen LogP contribution in [0.15, 0.2) is 47.8 Å². The molecule has 6 nitrogen and oxygen atoms in total. The van der Waals surface area contributed by atoms with Gasteiger partial charge in [-0.25, -0.2) is 4.79 Å². The molecule has 22 heavy (non-hydrogen) atoms. The number of ether oxygens (including phenoxy) is 1. The van der Waals surface area contributed by atoms with Crippen molar-refractivity contribution in [1.29, 1.82) is 0 Å². The molecule has 7 heteroatoms. The first kappa shape index (κ1) is 14.4. The highest BCUT2D eigenvalue weighted by Crippen LogP contribution is 2.22. The van der Waals surface area contributed by atoms with E-state index in [0.717, 1.165) is 22.1 Å². The molecule has 2 N–H and O–H groups in total. The zero-order valence-electron chi connectivity index (χ0n) is 11.9. The number of fused-ring (bicyclic) bond motifs is 1. The lowest BCUT2D eigenvalue weighted by molar-refractivity contribution is 0.0600. The highest BCUT2D eigenvalue weighted by Gasteiger charge is 2.08. The van der Waals surface area contributed by atoms with Gasteiger partial charge in [0.2, 0.25) is 0 Å². The molecule has 0 aliphatic carbocycles. The van der Waals surface area contributed by atoms with Gasteiger partial charge >= 0.3 is 5.97 Å². The summed E-state index contributed by atoms with van der Waals surface area (Å²) in [5.41, 5.74) is 8.83. The number of thioether (sulfide) groups is 1. The first-order chi connectivity index (χ1) is 10.7. The number of methoxy groups -OCH3 is 1. The van der Waals surface area contributed by atoms with E-state index in [2.05, 4.69) is 14.9 Å². The molecular weight excluding hydrogens is 300 g/mol. The molecule has 112 valence electrons. The summed E-state index contributed by atoms with van der Waals surface area (Å²) < 4.78 is 6.54. The quantitative estimate of drug-likeness (QED) is 0.588. The maximum Gasteiger partial charge on any atom is 0.337 e. The number of hydrogen-bond donors (Lipinski definition) is 1. The monoisotopic (exact) mass is 314 g/mol. The molecule has 2 heterocycles. The van der Waals surface area contributed by atoms with Crippen LogP contribution in [0.4, 0.5) is 5.69 Å². The van der Waals surface area contributed by atoms with E-state index < -0.39 is 0 Å². The molecule has 0 aliphatic heterocycles. The number of hydrogen-bond acceptors (Lipinski definition) is 6. The zero-order chi connectivity index (χ0) is 15.5. The Morgan fingerprint density at radius 1 is 1.23 bits per heavy atom. The minimum absolute atomic E-state index is 0.335. The van der Waals surface area contributed by atoms with Gasteiger partial charge in [-0.3, -0.25) is 4.40 Å². The predicted octanol–water partition coefficient (Wildman–Crippen LogP) is 2.39. The lowest BCUT2D eigenvalue weighted by Gasteiger charge is -2.03. The van der Waals surface area contributed by atoms with Crippen LogP contribution < -0.4 is 5.73 Å². The Balaban J connectivity index is 1.74. The maximum absolute atomic E-state index is 11.4. The van der Waals surface area contributed by atoms with Crippen LogP contribution in [-0.4, -0.2) is 27.7 Å². The fraction of sp³-hybridized carbons (Fsp3) is 0.133. The molecule has 0 amide bonds. The van der Waals surface area contributed by atoms with Crippen LogP contribution in [0, 0.1) is 0 Å². The van der Waals surface area contributed by atoms with Crippen molar-refractivity contribution >= 4 is 29.1 Å². The van der Waals surface area contributed by atoms with Gasteiger partial charge in [-0.1, -0.05) is 23.9 Å². The van der Waals surface area contributed by atoms with E-state index in [1.807, 2.05) is 22.6 Å². The number of carbonyl (C=O) groups is 1. The summed E-state index contributed by atoms with van der Waals surface area (Å²) in [6.45, 7) is 0. The first-order valence-electron chi connectivity index (χ1n) is 6.57. The van der Waals surface area contributed by atoms with Gasteiger partial charge in [0.15, 0.2) is 10.8 Å². The Kier molecular flexibility index (Phi) is 3.97. The topological polar surface area (TPSA) is 82.5 Å². The van der Waals surface area contributed by atoms with Crippen molar-refractivity contribution in [2.75, 3.05) is 12.8 Å². The van der Waals surface area contributed by atoms with Crippen LogP contribution in [0.2, 0.25) is 0 Å². The Bertz CT molecular complexity index is 814. The van der Waals surface area contributed by atoms with E-state index >= 15 is 0 Å². The molecule has 3 aromatic rings. The highest BCUT2D eigenvalue weighted by molar-refractivity contribution is 7.98. The minimum atomic E-state index is -0.335. The zero-order valence-corrected chi connectivity index (χ0v) is 12.7. The molecule has 0 unspecified atom stereocenters. The Morgan fingerprint density at radius 3 is 2.73 bits per heavy atom. The van der Waals surface area contributed by atoms with E-state index in [-0.39, 0.29) is 5.97 Å². The van der Waals surface area contributed by atoms with E-state index in [0.29, 0.717) is 11.3 Å². The molecule has 0 saturated heterocycles. The molecule has 0 aliphatic rings. The normalized spacial score (nSPS) is 10.8. The average molecular weight is 314 g/mol. The summed E-state index contributed by atoms with van der Waals surface area (Å²) in [5, 5.41) is 9.03. The van der Waals surface area contributed by atoms with Gasteiger partial charge in [0.1, 0.15) is 0 Å². The third-order valence-electron chi connectivity index (χ3n) is 3.14. The van der Waals surface area contributed by atoms with E-state index in [4.69, 9.17) is 5.73 Å². The second-order valence-corrected chi connectivity index (χ2v) is 5.59. The smallest absolute Gasteiger partial charge is 0.337 e. The summed E-state index contributed by atoms with van der Waals surface area (Å²) in [5.74, 6) is 0.384. The second-order valence-electron chi connectivity index (χ2n) is 4.65. The standard InChI is InChI=1S/C15H14N4O2S/c1-21-14(20)11-4-2-10(3-5-11)9-22-15-18-17-13-7-6-12(16)8-19(13)15/h2-8H,9,16H2,1H3. The minimum Gasteiger partial charge on any atom is -0.465 e. The van der Waals surface area contributed by atoms with E-state index in [9.17, 15) is 4.79 Å². The number of pyridine rings is 1. The van der Waals surface area contributed by atoms with Crippen LogP contribution in [-0.2, 0) is 10.5 Å². The van der Waals surface area contributed by atoms with Crippen molar-refractivity contribution in [2.45, 2.75) is 10.9 Å². The second kappa shape index (κ2) is 6.07. The number of aromatic nitrogens is 3. The fourth-order valence-electron chi connectivity index (χ4n) is 1.99. The van der Waals surface area contributed by atoms with Crippen LogP contribution >= 0.6 is 11.8 Å². The summed E-state index contributed by atoms with van der Waals surface area (Å²) in [6.07, 6.45) is 1.80. The van der Waals surface area contributed by atoms with Gasteiger partial charge in [-0.05, 0) is 29.8 Å². The van der Waals surface area contributed by atoms with Crippen molar-refractivity contribution in [1.82, 2.24) is 14.6 Å². The Morgan fingerprint density at radius 2 is 2.00 bits per heavy atom. The summed E-state index contributed by atoms with van der Waals surface area (Å²) in [6, 6.07) is 10.9. The van der Waals surface area contributed by atoms with Crippen molar-refractivity contribution in [3.05, 3.63) is 53.7 Å². The van der Waals surface area contributed by atoms with Gasteiger partial charge in [0, 0.05) is 17.6 Å². The summed E-state index contributed by atoms with van der Waals surface area (Å²) >= 11 is 1.56. The Hall–Kier alpha value is -2.54. The van der Waals surface area contributed by atoms with Crippen LogP contribution in [0.5, 0.6) is 0 Å². The summed E-state index contributed by atoms with van der Waals surface area (Å²) in [4.78, 5) is 11.4. The van der Waals surface area contributed by atoms with Gasteiger partial charge in [0.25, 0.3) is 0 Å². The number of esters is 1. The van der Waals surface area contributed by atoms with E-state index in [1.165, 1.54) is 7.11 Å². The third-order valence-corrected chi connectivity index (χ3v) is 4.15. The summed E-state index contributed by atoms with van der Waals surface area (Å²) in [7, 11) is 1.37. The number of anilines is 1. The van der Waals surface area contributed by atoms with Crippen LogP contribution in [0.3, 0.4) is 0 Å². The number of nitrogens with zero attached hydrogens (tertiary/aromatic N) is 3. The van der Waals surface area contributed by atoms with Crippen molar-refractivity contribution in [2.24, 2.45) is 0 Å². The lowest BCUT2D eigenvalue weighted by atomic mass is 10.1. The molecule has 0 atom stereocenters. The largest absolute Gasteiger partial charge is 0.465 e. The molecule has 0 fully saturated rings. The highest BCUT2D eigenvalue weighted by atomic mass is 32.2. The molecule has 0 radical (unpaired) electrons. The van der Waals surface area contributed by atoms with E-state index in [1.54, 1.807) is 36.2 Å². The maximum atomic E-state index is 11.4. The van der Waals surface area contributed by atoms with Crippen molar-refractivity contribution in [3.63, 3.8) is 0 Å². The molecule has 0 saturated carbocycles. The molecule has 0 spiro atoms. The lowest BCUT2D eigenvalue weighted by Crippen LogP contribution is -2.00. The number of rotatable bonds is 4. The number of benzene rings is 1. The molecule has 0 bridgehead atoms.